The van der Waals surface area contributed by atoms with Crippen LogP contribution in [0.15, 0.2) is 48.7 Å². The van der Waals surface area contributed by atoms with Crippen LogP contribution in [0.5, 0.6) is 0 Å². The number of nitrogens with zero attached hydrogens (tertiary/aromatic N) is 1. The number of anilines is 2. The van der Waals surface area contributed by atoms with Crippen molar-refractivity contribution < 1.29 is 4.79 Å². The predicted molar refractivity (Wildman–Crippen MR) is 105 cm³/mol. The van der Waals surface area contributed by atoms with Crippen LogP contribution in [0.25, 0.3) is 0 Å². The molecule has 0 radical (unpaired) electrons. The van der Waals surface area contributed by atoms with E-state index in [1.54, 1.807) is 12.3 Å². The first-order valence-electron chi connectivity index (χ1n) is 7.83. The molecule has 2 aromatic carbocycles. The van der Waals surface area contributed by atoms with Crippen LogP contribution < -0.4 is 10.6 Å². The minimum absolute atomic E-state index is 0.130. The van der Waals surface area contributed by atoms with E-state index in [1.807, 2.05) is 44.2 Å². The Labute approximate surface area is 155 Å². The Morgan fingerprint density at radius 3 is 2.56 bits per heavy atom. The van der Waals surface area contributed by atoms with Crippen molar-refractivity contribution in [3.63, 3.8) is 0 Å². The molecule has 0 saturated heterocycles. The van der Waals surface area contributed by atoms with Crippen LogP contribution in [0.2, 0.25) is 4.47 Å². The highest BCUT2D eigenvalue weighted by Crippen LogP contribution is 2.20. The lowest BCUT2D eigenvalue weighted by Gasteiger charge is -2.10. The number of nitrogens with one attached hydrogen (secondary N) is 2. The lowest BCUT2D eigenvalue weighted by atomic mass is 10.1. The molecule has 0 atom stereocenters. The maximum Gasteiger partial charge on any atom is 0.255 e. The second kappa shape index (κ2) is 7.68. The van der Waals surface area contributed by atoms with Crippen molar-refractivity contribution in [2.45, 2.75) is 20.4 Å². The fourth-order valence-electron chi connectivity index (χ4n) is 2.58. The normalized spacial score (nSPS) is 10.5. The van der Waals surface area contributed by atoms with Gasteiger partial charge in [0.05, 0.1) is 6.54 Å². The van der Waals surface area contributed by atoms with Crippen LogP contribution >= 0.6 is 22.9 Å². The molecule has 6 heteroatoms. The van der Waals surface area contributed by atoms with Gasteiger partial charge in [0, 0.05) is 28.0 Å². The second-order valence-corrected chi connectivity index (χ2v) is 7.54. The van der Waals surface area contributed by atoms with Gasteiger partial charge in [-0.2, -0.15) is 0 Å². The molecular formula is C19H18ClN3OS. The Kier molecular flexibility index (Phi) is 5.36. The summed E-state index contributed by atoms with van der Waals surface area (Å²) in [6.07, 6.45) is 1.75. The summed E-state index contributed by atoms with van der Waals surface area (Å²) in [7, 11) is 0. The molecule has 1 amide bonds. The summed E-state index contributed by atoms with van der Waals surface area (Å²) in [4.78, 5) is 17.6. The molecule has 0 spiro atoms. The third kappa shape index (κ3) is 4.81. The number of carbonyl (C=O) groups is 1. The molecular weight excluding hydrogens is 354 g/mol. The van der Waals surface area contributed by atoms with Gasteiger partial charge >= 0.3 is 0 Å². The van der Waals surface area contributed by atoms with E-state index in [9.17, 15) is 4.79 Å². The van der Waals surface area contributed by atoms with Crippen molar-refractivity contribution in [2.24, 2.45) is 0 Å². The lowest BCUT2D eigenvalue weighted by Crippen LogP contribution is -2.12. The number of carbonyl (C=O) groups excluding carboxylic acids is 1. The fourth-order valence-corrected chi connectivity index (χ4v) is 3.49. The van der Waals surface area contributed by atoms with Crippen LogP contribution in [0, 0.1) is 13.8 Å². The summed E-state index contributed by atoms with van der Waals surface area (Å²) in [5.41, 5.74) is 4.52. The summed E-state index contributed by atoms with van der Waals surface area (Å²) in [5.74, 6) is -0.130. The Balaban J connectivity index is 1.68. The zero-order valence-electron chi connectivity index (χ0n) is 14.0. The standard InChI is InChI=1S/C19H18ClN3OS/c1-12-6-13(2)8-16(7-12)23-18(24)14-4-3-5-15(9-14)21-10-17-11-22-19(20)25-17/h3-9,11,21H,10H2,1-2H3,(H,23,24). The average molecular weight is 372 g/mol. The summed E-state index contributed by atoms with van der Waals surface area (Å²) >= 11 is 7.27. The smallest absolute Gasteiger partial charge is 0.255 e. The number of benzene rings is 2. The zero-order chi connectivity index (χ0) is 17.8. The minimum atomic E-state index is -0.130. The molecule has 0 saturated carbocycles. The number of aryl methyl sites for hydroxylation is 2. The molecule has 2 N–H and O–H groups in total. The van der Waals surface area contributed by atoms with Crippen LogP contribution in [0.4, 0.5) is 11.4 Å². The number of halogens is 1. The molecule has 1 heterocycles. The van der Waals surface area contributed by atoms with Gasteiger partial charge in [-0.3, -0.25) is 4.79 Å². The Hall–Kier alpha value is -2.37. The van der Waals surface area contributed by atoms with Crippen LogP contribution in [0.1, 0.15) is 26.4 Å². The quantitative estimate of drug-likeness (QED) is 0.641. The third-order valence-electron chi connectivity index (χ3n) is 3.60. The van der Waals surface area contributed by atoms with Crippen molar-refractivity contribution >= 4 is 40.2 Å². The number of thiazole rings is 1. The third-order valence-corrected chi connectivity index (χ3v) is 4.71. The molecule has 0 fully saturated rings. The van der Waals surface area contributed by atoms with Crippen LogP contribution in [0.3, 0.4) is 0 Å². The Morgan fingerprint density at radius 2 is 1.88 bits per heavy atom. The first kappa shape index (κ1) is 17.5. The molecule has 3 aromatic rings. The number of hydrogen-bond donors (Lipinski definition) is 2. The first-order chi connectivity index (χ1) is 12.0. The van der Waals surface area contributed by atoms with E-state index < -0.39 is 0 Å². The highest BCUT2D eigenvalue weighted by Gasteiger charge is 2.08. The maximum atomic E-state index is 12.5. The van der Waals surface area contributed by atoms with E-state index in [4.69, 9.17) is 11.6 Å². The average Bonchev–Trinajstić information content (AvgIpc) is 2.98. The van der Waals surface area contributed by atoms with Gasteiger partial charge in [-0.15, -0.1) is 11.3 Å². The second-order valence-electron chi connectivity index (χ2n) is 5.84. The molecule has 1 aromatic heterocycles. The number of aromatic nitrogens is 1. The van der Waals surface area contributed by atoms with Crippen LogP contribution in [-0.4, -0.2) is 10.9 Å². The van der Waals surface area contributed by atoms with Crippen molar-refractivity contribution in [3.8, 4) is 0 Å². The minimum Gasteiger partial charge on any atom is -0.380 e. The number of rotatable bonds is 5. The van der Waals surface area contributed by atoms with E-state index in [1.165, 1.54) is 11.3 Å². The van der Waals surface area contributed by atoms with Gasteiger partial charge < -0.3 is 10.6 Å². The topological polar surface area (TPSA) is 54.0 Å². The van der Waals surface area contributed by atoms with Gasteiger partial charge in [0.1, 0.15) is 0 Å². The molecule has 0 aliphatic heterocycles. The molecule has 0 bridgehead atoms. The summed E-state index contributed by atoms with van der Waals surface area (Å²) in [5, 5.41) is 6.24. The monoisotopic (exact) mass is 371 g/mol. The van der Waals surface area contributed by atoms with Crippen molar-refractivity contribution in [3.05, 3.63) is 74.7 Å². The summed E-state index contributed by atoms with van der Waals surface area (Å²) < 4.78 is 0.526. The molecule has 3 rings (SSSR count). The Morgan fingerprint density at radius 1 is 1.12 bits per heavy atom. The summed E-state index contributed by atoms with van der Waals surface area (Å²) in [6.45, 7) is 4.64. The molecule has 128 valence electrons. The largest absolute Gasteiger partial charge is 0.380 e. The molecule has 0 unspecified atom stereocenters. The van der Waals surface area contributed by atoms with E-state index >= 15 is 0 Å². The Bertz CT molecular complexity index is 887. The maximum absolute atomic E-state index is 12.5. The predicted octanol–water partition coefficient (Wildman–Crippen LogP) is 5.28. The highest BCUT2D eigenvalue weighted by molar-refractivity contribution is 7.15. The fraction of sp³-hybridized carbons (Fsp3) is 0.158. The van der Waals surface area contributed by atoms with Gasteiger partial charge in [0.15, 0.2) is 4.47 Å². The zero-order valence-corrected chi connectivity index (χ0v) is 15.5. The molecule has 4 nitrogen and oxygen atoms in total. The highest BCUT2D eigenvalue weighted by atomic mass is 35.5. The van der Waals surface area contributed by atoms with Crippen molar-refractivity contribution in [1.29, 1.82) is 0 Å². The summed E-state index contributed by atoms with van der Waals surface area (Å²) in [6, 6.07) is 13.4. The number of amides is 1. The molecule has 0 aliphatic rings. The van der Waals surface area contributed by atoms with E-state index in [-0.39, 0.29) is 5.91 Å². The number of hydrogen-bond acceptors (Lipinski definition) is 4. The van der Waals surface area contributed by atoms with Gasteiger partial charge in [-0.1, -0.05) is 23.7 Å². The molecule has 0 aliphatic carbocycles. The van der Waals surface area contributed by atoms with Crippen molar-refractivity contribution in [2.75, 3.05) is 10.6 Å². The van der Waals surface area contributed by atoms with Gasteiger partial charge in [-0.05, 0) is 55.3 Å². The molecule has 25 heavy (non-hydrogen) atoms. The van der Waals surface area contributed by atoms with Crippen LogP contribution in [-0.2, 0) is 6.54 Å². The van der Waals surface area contributed by atoms with Gasteiger partial charge in [0.2, 0.25) is 0 Å². The van der Waals surface area contributed by atoms with E-state index in [0.29, 0.717) is 16.6 Å². The van der Waals surface area contributed by atoms with E-state index in [0.717, 1.165) is 27.4 Å². The van der Waals surface area contributed by atoms with Gasteiger partial charge in [-0.25, -0.2) is 4.98 Å². The SMILES string of the molecule is Cc1cc(C)cc(NC(=O)c2cccc(NCc3cnc(Cl)s3)c2)c1. The van der Waals surface area contributed by atoms with Crippen molar-refractivity contribution in [1.82, 2.24) is 4.98 Å². The van der Waals surface area contributed by atoms with E-state index in [2.05, 4.69) is 21.7 Å². The van der Waals surface area contributed by atoms with Gasteiger partial charge in [0.25, 0.3) is 5.91 Å². The lowest BCUT2D eigenvalue weighted by molar-refractivity contribution is 0.102. The first-order valence-corrected chi connectivity index (χ1v) is 9.03.